The zero-order valence-electron chi connectivity index (χ0n) is 9.21. The fourth-order valence-corrected chi connectivity index (χ4v) is 2.59. The predicted octanol–water partition coefficient (Wildman–Crippen LogP) is 3.14. The average molecular weight is 242 g/mol. The van der Waals surface area contributed by atoms with Crippen LogP contribution in [0.25, 0.3) is 10.2 Å². The first-order chi connectivity index (χ1) is 8.33. The molecule has 3 aromatic rings. The SMILES string of the molecule is Cc1cccc2sc(Nc3cncnc3)nc12. The Morgan fingerprint density at radius 3 is 2.76 bits per heavy atom. The lowest BCUT2D eigenvalue weighted by Crippen LogP contribution is -1.90. The number of aromatic nitrogens is 3. The molecule has 0 unspecified atom stereocenters. The molecular formula is C12H10N4S. The number of nitrogens with one attached hydrogen (secondary N) is 1. The number of para-hydroxylation sites is 1. The molecule has 0 radical (unpaired) electrons. The van der Waals surface area contributed by atoms with Crippen LogP contribution in [0.5, 0.6) is 0 Å². The first kappa shape index (κ1) is 10.2. The summed E-state index contributed by atoms with van der Waals surface area (Å²) < 4.78 is 1.18. The molecule has 5 heteroatoms. The molecule has 0 fully saturated rings. The maximum Gasteiger partial charge on any atom is 0.188 e. The van der Waals surface area contributed by atoms with Crippen LogP contribution < -0.4 is 5.32 Å². The molecule has 84 valence electrons. The summed E-state index contributed by atoms with van der Waals surface area (Å²) in [7, 11) is 0. The zero-order chi connectivity index (χ0) is 11.7. The van der Waals surface area contributed by atoms with Crippen LogP contribution in [0.4, 0.5) is 10.8 Å². The topological polar surface area (TPSA) is 50.7 Å². The fourth-order valence-electron chi connectivity index (χ4n) is 1.63. The van der Waals surface area contributed by atoms with Crippen molar-refractivity contribution in [2.24, 2.45) is 0 Å². The first-order valence-electron chi connectivity index (χ1n) is 5.21. The van der Waals surface area contributed by atoms with Crippen molar-refractivity contribution >= 4 is 32.4 Å². The quantitative estimate of drug-likeness (QED) is 0.750. The Hall–Kier alpha value is -2.01. The molecule has 0 spiro atoms. The number of fused-ring (bicyclic) bond motifs is 1. The molecule has 0 atom stereocenters. The molecule has 0 bridgehead atoms. The van der Waals surface area contributed by atoms with Gasteiger partial charge >= 0.3 is 0 Å². The molecule has 17 heavy (non-hydrogen) atoms. The second-order valence-electron chi connectivity index (χ2n) is 3.69. The lowest BCUT2D eigenvalue weighted by molar-refractivity contribution is 1.17. The average Bonchev–Trinajstić information content (AvgIpc) is 2.74. The van der Waals surface area contributed by atoms with Crippen molar-refractivity contribution in [2.75, 3.05) is 5.32 Å². The van der Waals surface area contributed by atoms with Gasteiger partial charge in [0.1, 0.15) is 6.33 Å². The molecule has 3 rings (SSSR count). The molecule has 0 saturated heterocycles. The Morgan fingerprint density at radius 2 is 2.00 bits per heavy atom. The summed E-state index contributed by atoms with van der Waals surface area (Å²) in [5, 5.41) is 4.07. The molecule has 0 aliphatic rings. The van der Waals surface area contributed by atoms with Crippen molar-refractivity contribution in [3.05, 3.63) is 42.5 Å². The van der Waals surface area contributed by atoms with Crippen molar-refractivity contribution in [3.63, 3.8) is 0 Å². The molecule has 2 aromatic heterocycles. The second-order valence-corrected chi connectivity index (χ2v) is 4.72. The molecule has 0 aliphatic heterocycles. The number of hydrogen-bond donors (Lipinski definition) is 1. The van der Waals surface area contributed by atoms with Crippen molar-refractivity contribution < 1.29 is 0 Å². The molecule has 0 saturated carbocycles. The number of anilines is 2. The van der Waals surface area contributed by atoms with Crippen molar-refractivity contribution in [3.8, 4) is 0 Å². The molecule has 0 amide bonds. The third-order valence-corrected chi connectivity index (χ3v) is 3.37. The van der Waals surface area contributed by atoms with Crippen LogP contribution >= 0.6 is 11.3 Å². The Kier molecular flexibility index (Phi) is 2.45. The minimum absolute atomic E-state index is 0.851. The van der Waals surface area contributed by atoms with Crippen molar-refractivity contribution in [1.29, 1.82) is 0 Å². The van der Waals surface area contributed by atoms with Crippen molar-refractivity contribution in [2.45, 2.75) is 6.92 Å². The number of aryl methyl sites for hydroxylation is 1. The van der Waals surface area contributed by atoms with Gasteiger partial charge in [0.05, 0.1) is 28.3 Å². The summed E-state index contributed by atoms with van der Waals surface area (Å²) in [5.74, 6) is 0. The Labute approximate surface area is 102 Å². The summed E-state index contributed by atoms with van der Waals surface area (Å²) in [6.07, 6.45) is 4.96. The molecule has 1 aromatic carbocycles. The third kappa shape index (κ3) is 1.97. The van der Waals surface area contributed by atoms with Gasteiger partial charge < -0.3 is 5.32 Å². The number of benzene rings is 1. The van der Waals surface area contributed by atoms with Gasteiger partial charge in [0, 0.05) is 0 Å². The summed E-state index contributed by atoms with van der Waals surface area (Å²) in [4.78, 5) is 12.5. The minimum atomic E-state index is 0.851. The Morgan fingerprint density at radius 1 is 1.18 bits per heavy atom. The maximum atomic E-state index is 4.56. The molecule has 0 aliphatic carbocycles. The molecule has 1 N–H and O–H groups in total. The predicted molar refractivity (Wildman–Crippen MR) is 69.7 cm³/mol. The lowest BCUT2D eigenvalue weighted by atomic mass is 10.2. The summed E-state index contributed by atoms with van der Waals surface area (Å²) in [6, 6.07) is 6.19. The lowest BCUT2D eigenvalue weighted by Gasteiger charge is -1.98. The van der Waals surface area contributed by atoms with Gasteiger partial charge in [0.25, 0.3) is 0 Å². The summed E-state index contributed by atoms with van der Waals surface area (Å²) >= 11 is 1.63. The highest BCUT2D eigenvalue weighted by Crippen LogP contribution is 2.29. The maximum absolute atomic E-state index is 4.56. The number of rotatable bonds is 2. The van der Waals surface area contributed by atoms with Crippen LogP contribution in [-0.2, 0) is 0 Å². The van der Waals surface area contributed by atoms with Crippen LogP contribution in [0.2, 0.25) is 0 Å². The smallest absolute Gasteiger partial charge is 0.188 e. The molecule has 2 heterocycles. The number of thiazole rings is 1. The Bertz CT molecular complexity index is 648. The van der Waals surface area contributed by atoms with Gasteiger partial charge in [-0.05, 0) is 18.6 Å². The Balaban J connectivity index is 1.99. The van der Waals surface area contributed by atoms with E-state index < -0.39 is 0 Å². The van der Waals surface area contributed by atoms with Gasteiger partial charge in [0.2, 0.25) is 0 Å². The molecule has 4 nitrogen and oxygen atoms in total. The van der Waals surface area contributed by atoms with Gasteiger partial charge in [-0.2, -0.15) is 0 Å². The highest BCUT2D eigenvalue weighted by molar-refractivity contribution is 7.22. The third-order valence-electron chi connectivity index (χ3n) is 2.43. The van der Waals surface area contributed by atoms with Gasteiger partial charge in [-0.15, -0.1) is 0 Å². The summed E-state index contributed by atoms with van der Waals surface area (Å²) in [6.45, 7) is 2.07. The number of nitrogens with zero attached hydrogens (tertiary/aromatic N) is 3. The van der Waals surface area contributed by atoms with Crippen molar-refractivity contribution in [1.82, 2.24) is 15.0 Å². The first-order valence-corrected chi connectivity index (χ1v) is 6.03. The van der Waals surface area contributed by atoms with E-state index in [1.807, 2.05) is 6.07 Å². The van der Waals surface area contributed by atoms with Gasteiger partial charge in [-0.3, -0.25) is 0 Å². The summed E-state index contributed by atoms with van der Waals surface area (Å²) in [5.41, 5.74) is 3.09. The van der Waals surface area contributed by atoms with Crippen LogP contribution in [0, 0.1) is 6.92 Å². The largest absolute Gasteiger partial charge is 0.329 e. The van der Waals surface area contributed by atoms with E-state index in [0.717, 1.165) is 16.3 Å². The van der Waals surface area contributed by atoms with Crippen LogP contribution in [0.3, 0.4) is 0 Å². The number of hydrogen-bond acceptors (Lipinski definition) is 5. The second kappa shape index (κ2) is 4.10. The van der Waals surface area contributed by atoms with E-state index in [-0.39, 0.29) is 0 Å². The van der Waals surface area contributed by atoms with E-state index in [9.17, 15) is 0 Å². The van der Waals surface area contributed by atoms with E-state index in [0.29, 0.717) is 0 Å². The highest BCUT2D eigenvalue weighted by Gasteiger charge is 2.05. The normalized spacial score (nSPS) is 10.6. The van der Waals surface area contributed by atoms with E-state index in [4.69, 9.17) is 0 Å². The molecular weight excluding hydrogens is 232 g/mol. The van der Waals surface area contributed by atoms with Crippen LogP contribution in [-0.4, -0.2) is 15.0 Å². The van der Waals surface area contributed by atoms with E-state index in [1.54, 1.807) is 23.7 Å². The van der Waals surface area contributed by atoms with E-state index >= 15 is 0 Å². The van der Waals surface area contributed by atoms with E-state index in [1.165, 1.54) is 16.6 Å². The van der Waals surface area contributed by atoms with Crippen LogP contribution in [0.15, 0.2) is 36.9 Å². The van der Waals surface area contributed by atoms with Gasteiger partial charge in [0.15, 0.2) is 5.13 Å². The highest BCUT2D eigenvalue weighted by atomic mass is 32.1. The monoisotopic (exact) mass is 242 g/mol. The zero-order valence-corrected chi connectivity index (χ0v) is 10.0. The minimum Gasteiger partial charge on any atom is -0.329 e. The fraction of sp³-hybridized carbons (Fsp3) is 0.0833. The van der Waals surface area contributed by atoms with Gasteiger partial charge in [-0.25, -0.2) is 15.0 Å². The standard InChI is InChI=1S/C12H10N4S/c1-8-3-2-4-10-11(8)16-12(17-10)15-9-5-13-7-14-6-9/h2-7H,1H3,(H,15,16). The van der Waals surface area contributed by atoms with E-state index in [2.05, 4.69) is 39.3 Å². The van der Waals surface area contributed by atoms with Gasteiger partial charge in [-0.1, -0.05) is 23.5 Å². The van der Waals surface area contributed by atoms with Crippen LogP contribution in [0.1, 0.15) is 5.56 Å².